The molecule has 0 saturated heterocycles. The summed E-state index contributed by atoms with van der Waals surface area (Å²) < 4.78 is 5.27. The maximum Gasteiger partial charge on any atom is 0.250 e. The number of pyridine rings is 1. The zero-order chi connectivity index (χ0) is 15.9. The summed E-state index contributed by atoms with van der Waals surface area (Å²) in [7, 11) is 0. The molecule has 0 radical (unpaired) electrons. The van der Waals surface area contributed by atoms with Gasteiger partial charge in [0.15, 0.2) is 11.7 Å². The fourth-order valence-electron chi connectivity index (χ4n) is 1.69. The number of aromatic nitrogens is 1. The molecule has 0 bridgehead atoms. The lowest BCUT2D eigenvalue weighted by molar-refractivity contribution is -0.126. The zero-order valence-electron chi connectivity index (χ0n) is 11.8. The van der Waals surface area contributed by atoms with Crippen LogP contribution in [-0.4, -0.2) is 16.7 Å². The third-order valence-electron chi connectivity index (χ3n) is 2.76. The van der Waals surface area contributed by atoms with E-state index in [0.717, 1.165) is 6.08 Å². The van der Waals surface area contributed by atoms with Gasteiger partial charge in [0.25, 0.3) is 5.91 Å². The number of carbonyl (C=O) groups excluding carboxylic acids is 2. The van der Waals surface area contributed by atoms with Crippen LogP contribution in [0, 0.1) is 24.2 Å². The van der Waals surface area contributed by atoms with E-state index in [0.29, 0.717) is 11.5 Å². The minimum atomic E-state index is -1.44. The first-order chi connectivity index (χ1) is 10.6. The summed E-state index contributed by atoms with van der Waals surface area (Å²) in [6.45, 7) is 1.78. The highest BCUT2D eigenvalue weighted by atomic mass is 16.3. The molecule has 2 aromatic rings. The van der Waals surface area contributed by atoms with Crippen molar-refractivity contribution in [1.29, 1.82) is 5.26 Å². The maximum atomic E-state index is 12.0. The predicted octanol–water partition coefficient (Wildman–Crippen LogP) is 2.34. The van der Waals surface area contributed by atoms with Gasteiger partial charge in [-0.05, 0) is 43.3 Å². The van der Waals surface area contributed by atoms with Gasteiger partial charge in [-0.25, -0.2) is 4.98 Å². The Morgan fingerprint density at radius 2 is 2.18 bits per heavy atom. The van der Waals surface area contributed by atoms with Gasteiger partial charge in [-0.3, -0.25) is 9.59 Å². The lowest BCUT2D eigenvalue weighted by Crippen LogP contribution is -2.27. The van der Waals surface area contributed by atoms with Gasteiger partial charge in [-0.15, -0.1) is 0 Å². The first-order valence-corrected chi connectivity index (χ1v) is 6.50. The number of ketones is 1. The van der Waals surface area contributed by atoms with Gasteiger partial charge in [-0.1, -0.05) is 6.07 Å². The Morgan fingerprint density at radius 1 is 1.36 bits per heavy atom. The predicted molar refractivity (Wildman–Crippen MR) is 79.5 cm³/mol. The molecular formula is C16H13N3O3. The van der Waals surface area contributed by atoms with Crippen molar-refractivity contribution in [3.05, 3.63) is 54.1 Å². The maximum absolute atomic E-state index is 12.0. The number of carbonyl (C=O) groups is 2. The molecule has 0 aliphatic rings. The molecule has 1 amide bonds. The van der Waals surface area contributed by atoms with Gasteiger partial charge >= 0.3 is 0 Å². The van der Waals surface area contributed by atoms with E-state index in [1.54, 1.807) is 43.3 Å². The van der Waals surface area contributed by atoms with Gasteiger partial charge in [0.05, 0.1) is 6.07 Å². The molecular weight excluding hydrogens is 282 g/mol. The average molecular weight is 295 g/mol. The second-order valence-electron chi connectivity index (χ2n) is 4.45. The minimum Gasteiger partial charge on any atom is -0.462 e. The first-order valence-electron chi connectivity index (χ1n) is 6.50. The molecule has 22 heavy (non-hydrogen) atoms. The Hall–Kier alpha value is -3.20. The van der Waals surface area contributed by atoms with Crippen molar-refractivity contribution >= 4 is 23.6 Å². The molecule has 1 N–H and O–H groups in total. The summed E-state index contributed by atoms with van der Waals surface area (Å²) in [5.74, 6) is -1.30. The fourth-order valence-corrected chi connectivity index (χ4v) is 1.69. The topological polar surface area (TPSA) is 96.0 Å². The third kappa shape index (κ3) is 3.90. The highest BCUT2D eigenvalue weighted by molar-refractivity contribution is 6.13. The second kappa shape index (κ2) is 6.99. The van der Waals surface area contributed by atoms with E-state index in [1.165, 1.54) is 12.3 Å². The normalized spacial score (nSPS) is 11.8. The number of aryl methyl sites for hydroxylation is 1. The fraction of sp³-hybridized carbons (Fsp3) is 0.125. The van der Waals surface area contributed by atoms with Crippen LogP contribution in [0.2, 0.25) is 0 Å². The third-order valence-corrected chi connectivity index (χ3v) is 2.76. The number of hydrogen-bond donors (Lipinski definition) is 1. The van der Waals surface area contributed by atoms with Gasteiger partial charge in [0, 0.05) is 6.20 Å². The summed E-state index contributed by atoms with van der Waals surface area (Å²) in [5, 5.41) is 11.5. The van der Waals surface area contributed by atoms with Crippen molar-refractivity contribution in [2.45, 2.75) is 6.92 Å². The van der Waals surface area contributed by atoms with Crippen LogP contribution in [0.15, 0.2) is 47.0 Å². The van der Waals surface area contributed by atoms with Crippen molar-refractivity contribution < 1.29 is 14.0 Å². The van der Waals surface area contributed by atoms with Crippen molar-refractivity contribution in [2.24, 2.45) is 5.92 Å². The zero-order valence-corrected chi connectivity index (χ0v) is 11.8. The van der Waals surface area contributed by atoms with Crippen molar-refractivity contribution in [3.63, 3.8) is 0 Å². The van der Waals surface area contributed by atoms with E-state index >= 15 is 0 Å². The Balaban J connectivity index is 2.04. The highest BCUT2D eigenvalue weighted by Crippen LogP contribution is 2.10. The van der Waals surface area contributed by atoms with Gasteiger partial charge < -0.3 is 9.73 Å². The number of hydrogen-bond acceptors (Lipinski definition) is 5. The molecule has 0 fully saturated rings. The molecule has 0 spiro atoms. The van der Waals surface area contributed by atoms with E-state index in [1.807, 2.05) is 0 Å². The minimum absolute atomic E-state index is 0.284. The summed E-state index contributed by atoms with van der Waals surface area (Å²) >= 11 is 0. The number of furan rings is 1. The Bertz CT molecular complexity index is 741. The molecule has 2 aromatic heterocycles. The number of anilines is 1. The molecule has 6 nitrogen and oxygen atoms in total. The number of allylic oxidation sites excluding steroid dienone is 1. The van der Waals surface area contributed by atoms with Crippen molar-refractivity contribution in [1.82, 2.24) is 4.98 Å². The molecule has 0 aliphatic carbocycles. The van der Waals surface area contributed by atoms with Crippen LogP contribution in [0.1, 0.15) is 11.5 Å². The standard InChI is InChI=1S/C16H13N3O3/c1-11-5-6-12(22-11)7-8-14(20)13(10-17)16(21)19-15-4-2-3-9-18-15/h2-9,13H,1H3,(H,18,19,21)/b8-7+/t13-/m1/s1. The van der Waals surface area contributed by atoms with Crippen molar-refractivity contribution in [3.8, 4) is 6.07 Å². The Morgan fingerprint density at radius 3 is 2.77 bits per heavy atom. The summed E-state index contributed by atoms with van der Waals surface area (Å²) in [6.07, 6.45) is 4.08. The molecule has 1 atom stereocenters. The number of nitrogens with one attached hydrogen (secondary N) is 1. The van der Waals surface area contributed by atoms with Crippen LogP contribution in [0.4, 0.5) is 5.82 Å². The van der Waals surface area contributed by atoms with Crippen LogP contribution in [0.25, 0.3) is 6.08 Å². The lowest BCUT2D eigenvalue weighted by Gasteiger charge is -2.06. The second-order valence-corrected chi connectivity index (χ2v) is 4.45. The lowest BCUT2D eigenvalue weighted by atomic mass is 10.0. The van der Waals surface area contributed by atoms with Crippen LogP contribution in [-0.2, 0) is 9.59 Å². The van der Waals surface area contributed by atoms with Gasteiger partial charge in [0.1, 0.15) is 17.3 Å². The van der Waals surface area contributed by atoms with E-state index in [-0.39, 0.29) is 5.82 Å². The largest absolute Gasteiger partial charge is 0.462 e. The number of amides is 1. The average Bonchev–Trinajstić information content (AvgIpc) is 2.92. The molecule has 110 valence electrons. The highest BCUT2D eigenvalue weighted by Gasteiger charge is 2.24. The molecule has 0 saturated carbocycles. The van der Waals surface area contributed by atoms with E-state index < -0.39 is 17.6 Å². The van der Waals surface area contributed by atoms with Crippen LogP contribution in [0.3, 0.4) is 0 Å². The SMILES string of the molecule is Cc1ccc(/C=C/C(=O)[C@@H](C#N)C(=O)Nc2ccccn2)o1. The Kier molecular flexibility index (Phi) is 4.83. The Labute approximate surface area is 127 Å². The number of nitriles is 1. The number of nitrogens with zero attached hydrogens (tertiary/aromatic N) is 2. The van der Waals surface area contributed by atoms with Gasteiger partial charge in [0.2, 0.25) is 0 Å². The summed E-state index contributed by atoms with van der Waals surface area (Å²) in [4.78, 5) is 27.8. The molecule has 2 rings (SSSR count). The monoisotopic (exact) mass is 295 g/mol. The molecule has 0 aromatic carbocycles. The summed E-state index contributed by atoms with van der Waals surface area (Å²) in [5.41, 5.74) is 0. The van der Waals surface area contributed by atoms with Gasteiger partial charge in [-0.2, -0.15) is 5.26 Å². The quantitative estimate of drug-likeness (QED) is 0.674. The smallest absolute Gasteiger partial charge is 0.250 e. The number of rotatable bonds is 5. The van der Waals surface area contributed by atoms with E-state index in [4.69, 9.17) is 9.68 Å². The molecule has 0 unspecified atom stereocenters. The summed E-state index contributed by atoms with van der Waals surface area (Å²) in [6, 6.07) is 10.1. The first kappa shape index (κ1) is 15.2. The van der Waals surface area contributed by atoms with E-state index in [9.17, 15) is 9.59 Å². The van der Waals surface area contributed by atoms with Crippen LogP contribution < -0.4 is 5.32 Å². The molecule has 2 heterocycles. The molecule has 0 aliphatic heterocycles. The molecule has 6 heteroatoms. The van der Waals surface area contributed by atoms with Crippen LogP contribution in [0.5, 0.6) is 0 Å². The van der Waals surface area contributed by atoms with Crippen molar-refractivity contribution in [2.75, 3.05) is 5.32 Å². The van der Waals surface area contributed by atoms with Crippen LogP contribution >= 0.6 is 0 Å². The van der Waals surface area contributed by atoms with E-state index in [2.05, 4.69) is 10.3 Å².